The lowest BCUT2D eigenvalue weighted by Crippen LogP contribution is -2.15. The molecule has 4 rings (SSSR count). The number of allylic oxidation sites excluding steroid dienone is 2. The number of carbonyl (C=O) groups is 4. The van der Waals surface area contributed by atoms with E-state index in [4.69, 9.17) is 9.47 Å². The quantitative estimate of drug-likeness (QED) is 0.184. The van der Waals surface area contributed by atoms with Crippen LogP contribution >= 0.6 is 0 Å². The number of nitrogens with zero attached hydrogens (tertiary/aromatic N) is 1. The van der Waals surface area contributed by atoms with Crippen molar-refractivity contribution in [3.63, 3.8) is 0 Å². The molecular formula is C39H46N4O6. The van der Waals surface area contributed by atoms with Crippen LogP contribution in [0.3, 0.4) is 0 Å². The molecule has 258 valence electrons. The van der Waals surface area contributed by atoms with Crippen molar-refractivity contribution in [2.24, 2.45) is 4.99 Å². The molecule has 0 saturated heterocycles. The van der Waals surface area contributed by atoms with Gasteiger partial charge in [-0.15, -0.1) is 0 Å². The summed E-state index contributed by atoms with van der Waals surface area (Å²) in [5.41, 5.74) is 9.77. The molecule has 0 atom stereocenters. The summed E-state index contributed by atoms with van der Waals surface area (Å²) in [6, 6.07) is 0. The highest BCUT2D eigenvalue weighted by atomic mass is 16.5. The minimum Gasteiger partial charge on any atom is -0.461 e. The third-order valence-electron chi connectivity index (χ3n) is 9.03. The van der Waals surface area contributed by atoms with Gasteiger partial charge < -0.3 is 24.8 Å². The lowest BCUT2D eigenvalue weighted by atomic mass is 10.0. The molecule has 0 spiro atoms. The molecule has 2 aromatic rings. The minimum absolute atomic E-state index is 0.115. The van der Waals surface area contributed by atoms with Crippen molar-refractivity contribution in [3.05, 3.63) is 97.6 Å². The fourth-order valence-electron chi connectivity index (χ4n) is 6.21. The molecule has 10 nitrogen and oxygen atoms in total. The standard InChI is InChI=1S/C39H46N4O6/c1-9-17-48-36(44)15-13-28-23(6)30(19-32-22(5)27(12-4)39(47)42-32)40-34(28)21-35-29(14-16-37(45)49-18-10-2)24(7)31(41-35)20-33-26(11-3)25(8)38(46)43-33/h9-10,19-21,40-41H,1-2,11-18H2,3-8H3,(H,43,46)/b30-19-,33-20-,34-21-. The Labute approximate surface area is 287 Å². The first kappa shape index (κ1) is 36.6. The second-order valence-corrected chi connectivity index (χ2v) is 12.1. The first-order valence-corrected chi connectivity index (χ1v) is 16.6. The SMILES string of the molecule is C=CCOC(=O)CCc1c(/C=c2\[nH]/c(=C\C3=NC(=O)C(CC)=C3C)c(C)c2CCC(=O)OCC=C)[nH]c(/C=C2\NC(=O)C(C)=C2CC)c1C. The van der Waals surface area contributed by atoms with Gasteiger partial charge in [0.15, 0.2) is 0 Å². The van der Waals surface area contributed by atoms with Gasteiger partial charge in [-0.1, -0.05) is 39.2 Å². The van der Waals surface area contributed by atoms with Gasteiger partial charge in [0.05, 0.1) is 5.71 Å². The average Bonchev–Trinajstić information content (AvgIpc) is 3.72. The lowest BCUT2D eigenvalue weighted by molar-refractivity contribution is -0.143. The predicted molar refractivity (Wildman–Crippen MR) is 192 cm³/mol. The highest BCUT2D eigenvalue weighted by Gasteiger charge is 2.24. The van der Waals surface area contributed by atoms with E-state index < -0.39 is 0 Å². The lowest BCUT2D eigenvalue weighted by Gasteiger charge is -2.05. The molecule has 2 aliphatic heterocycles. The van der Waals surface area contributed by atoms with Crippen LogP contribution in [-0.2, 0) is 41.5 Å². The Hall–Kier alpha value is -5.25. The largest absolute Gasteiger partial charge is 0.461 e. The number of hydrogen-bond acceptors (Lipinski definition) is 6. The summed E-state index contributed by atoms with van der Waals surface area (Å²) in [6.45, 7) is 19.1. The number of hydrogen-bond donors (Lipinski definition) is 3. The van der Waals surface area contributed by atoms with Gasteiger partial charge in [0.1, 0.15) is 13.2 Å². The molecule has 2 aromatic heterocycles. The maximum absolute atomic E-state index is 12.5. The number of aliphatic imine (C=N–C) groups is 1. The molecule has 4 heterocycles. The van der Waals surface area contributed by atoms with Crippen LogP contribution in [0.2, 0.25) is 0 Å². The fraction of sp³-hybridized carbons (Fsp3) is 0.359. The third-order valence-corrected chi connectivity index (χ3v) is 9.03. The number of rotatable bonds is 15. The Balaban J connectivity index is 1.88. The van der Waals surface area contributed by atoms with Gasteiger partial charge in [0, 0.05) is 51.8 Å². The molecule has 10 heteroatoms. The molecule has 0 unspecified atom stereocenters. The Bertz CT molecular complexity index is 1960. The number of amides is 2. The van der Waals surface area contributed by atoms with E-state index in [1.165, 1.54) is 12.2 Å². The zero-order valence-electron chi connectivity index (χ0n) is 29.4. The van der Waals surface area contributed by atoms with E-state index in [9.17, 15) is 19.2 Å². The van der Waals surface area contributed by atoms with Crippen molar-refractivity contribution in [2.75, 3.05) is 13.2 Å². The number of carbonyl (C=O) groups excluding carboxylic acids is 4. The second kappa shape index (κ2) is 16.2. The number of nitrogens with one attached hydrogen (secondary N) is 3. The number of H-pyrrole nitrogens is 2. The highest BCUT2D eigenvalue weighted by molar-refractivity contribution is 6.30. The maximum Gasteiger partial charge on any atom is 0.306 e. The number of aromatic nitrogens is 2. The topological polar surface area (TPSA) is 143 Å². The van der Waals surface area contributed by atoms with Crippen LogP contribution in [0.15, 0.2) is 58.3 Å². The summed E-state index contributed by atoms with van der Waals surface area (Å²) >= 11 is 0. The first-order valence-electron chi connectivity index (χ1n) is 16.6. The predicted octanol–water partition coefficient (Wildman–Crippen LogP) is 4.80. The van der Waals surface area contributed by atoms with E-state index in [1.807, 2.05) is 59.8 Å². The zero-order chi connectivity index (χ0) is 35.8. The molecule has 0 radical (unpaired) electrons. The van der Waals surface area contributed by atoms with E-state index in [-0.39, 0.29) is 49.8 Å². The summed E-state index contributed by atoms with van der Waals surface area (Å²) < 4.78 is 10.5. The molecule has 0 aromatic carbocycles. The molecule has 0 saturated carbocycles. The van der Waals surface area contributed by atoms with Gasteiger partial charge in [0.2, 0.25) is 0 Å². The summed E-state index contributed by atoms with van der Waals surface area (Å²) in [6.07, 6.45) is 11.2. The molecule has 0 bridgehead atoms. The molecule has 3 N–H and O–H groups in total. The van der Waals surface area contributed by atoms with Gasteiger partial charge in [-0.3, -0.25) is 19.2 Å². The van der Waals surface area contributed by atoms with Crippen molar-refractivity contribution < 1.29 is 28.7 Å². The van der Waals surface area contributed by atoms with E-state index in [0.29, 0.717) is 42.5 Å². The van der Waals surface area contributed by atoms with Crippen LogP contribution in [0, 0.1) is 13.8 Å². The summed E-state index contributed by atoms with van der Waals surface area (Å²) in [7, 11) is 0. The smallest absolute Gasteiger partial charge is 0.306 e. The maximum atomic E-state index is 12.5. The van der Waals surface area contributed by atoms with Crippen LogP contribution in [0.1, 0.15) is 87.0 Å². The number of esters is 2. The van der Waals surface area contributed by atoms with Gasteiger partial charge in [0.25, 0.3) is 11.8 Å². The first-order chi connectivity index (χ1) is 23.4. The molecule has 49 heavy (non-hydrogen) atoms. The van der Waals surface area contributed by atoms with Gasteiger partial charge in [-0.2, -0.15) is 0 Å². The Morgan fingerprint density at radius 3 is 1.92 bits per heavy atom. The second-order valence-electron chi connectivity index (χ2n) is 12.1. The van der Waals surface area contributed by atoms with Crippen LogP contribution in [-0.4, -0.2) is 52.6 Å². The van der Waals surface area contributed by atoms with Crippen LogP contribution in [0.25, 0.3) is 18.2 Å². The van der Waals surface area contributed by atoms with Gasteiger partial charge in [-0.05, 0) is 105 Å². The number of aromatic amines is 2. The Morgan fingerprint density at radius 2 is 1.35 bits per heavy atom. The summed E-state index contributed by atoms with van der Waals surface area (Å²) in [5.74, 6) is -1.02. The van der Waals surface area contributed by atoms with Crippen LogP contribution < -0.4 is 16.0 Å². The zero-order valence-corrected chi connectivity index (χ0v) is 29.4. The number of ether oxygens (including phenoxy) is 2. The van der Waals surface area contributed by atoms with Crippen LogP contribution in [0.5, 0.6) is 0 Å². The monoisotopic (exact) mass is 666 g/mol. The van der Waals surface area contributed by atoms with Crippen molar-refractivity contribution >= 4 is 47.7 Å². The molecule has 0 fully saturated rings. The summed E-state index contributed by atoms with van der Waals surface area (Å²) in [4.78, 5) is 61.4. The minimum atomic E-state index is -0.342. The van der Waals surface area contributed by atoms with E-state index in [0.717, 1.165) is 61.2 Å². The molecule has 0 aliphatic carbocycles. The Kier molecular flexibility index (Phi) is 12.1. The summed E-state index contributed by atoms with van der Waals surface area (Å²) in [5, 5.41) is 4.51. The van der Waals surface area contributed by atoms with Gasteiger partial charge in [-0.25, -0.2) is 4.99 Å². The Morgan fingerprint density at radius 1 is 0.735 bits per heavy atom. The molecule has 2 amide bonds. The van der Waals surface area contributed by atoms with Crippen molar-refractivity contribution in [3.8, 4) is 0 Å². The van der Waals surface area contributed by atoms with Crippen molar-refractivity contribution in [1.82, 2.24) is 15.3 Å². The van der Waals surface area contributed by atoms with Gasteiger partial charge >= 0.3 is 11.9 Å². The highest BCUT2D eigenvalue weighted by Crippen LogP contribution is 2.28. The van der Waals surface area contributed by atoms with E-state index in [2.05, 4.69) is 33.4 Å². The van der Waals surface area contributed by atoms with Crippen molar-refractivity contribution in [2.45, 2.75) is 80.1 Å². The molecule has 2 aliphatic rings. The fourth-order valence-corrected chi connectivity index (χ4v) is 6.21. The third kappa shape index (κ3) is 8.25. The van der Waals surface area contributed by atoms with E-state index >= 15 is 0 Å². The van der Waals surface area contributed by atoms with Crippen LogP contribution in [0.4, 0.5) is 0 Å². The van der Waals surface area contributed by atoms with E-state index in [1.54, 1.807) is 0 Å². The normalized spacial score (nSPS) is 16.2. The van der Waals surface area contributed by atoms with Crippen molar-refractivity contribution in [1.29, 1.82) is 0 Å². The molecular weight excluding hydrogens is 620 g/mol. The average molecular weight is 667 g/mol.